The van der Waals surface area contributed by atoms with Crippen LogP contribution in [0.1, 0.15) is 33.6 Å². The lowest BCUT2D eigenvalue weighted by atomic mass is 9.96. The first-order chi connectivity index (χ1) is 4.20. The standard InChI is InChI=1S/C8H19N/c1-4-7(2)5-8(3)6-9/h7-8H,4-6,9H2,1-3H3/t7?,8-/m1/s1. The van der Waals surface area contributed by atoms with Crippen LogP contribution >= 0.6 is 0 Å². The minimum absolute atomic E-state index is 0.708. The van der Waals surface area contributed by atoms with Crippen molar-refractivity contribution in [3.63, 3.8) is 0 Å². The highest BCUT2D eigenvalue weighted by atomic mass is 14.5. The molecule has 0 aromatic rings. The zero-order valence-electron chi connectivity index (χ0n) is 6.85. The summed E-state index contributed by atoms with van der Waals surface area (Å²) in [5, 5.41) is 0. The lowest BCUT2D eigenvalue weighted by molar-refractivity contribution is 0.412. The van der Waals surface area contributed by atoms with Crippen LogP contribution in [0.25, 0.3) is 0 Å². The van der Waals surface area contributed by atoms with Crippen molar-refractivity contribution in [2.45, 2.75) is 33.6 Å². The molecule has 0 bridgehead atoms. The Balaban J connectivity index is 3.22. The average molecular weight is 129 g/mol. The molecule has 0 spiro atoms. The summed E-state index contributed by atoms with van der Waals surface area (Å²) in [6, 6.07) is 0. The van der Waals surface area contributed by atoms with E-state index in [9.17, 15) is 0 Å². The first-order valence-electron chi connectivity index (χ1n) is 3.90. The maximum atomic E-state index is 5.48. The van der Waals surface area contributed by atoms with E-state index in [1.807, 2.05) is 0 Å². The van der Waals surface area contributed by atoms with Gasteiger partial charge in [0.2, 0.25) is 0 Å². The van der Waals surface area contributed by atoms with Crippen LogP contribution < -0.4 is 5.73 Å². The van der Waals surface area contributed by atoms with Gasteiger partial charge in [-0.1, -0.05) is 27.2 Å². The van der Waals surface area contributed by atoms with Crippen molar-refractivity contribution in [3.05, 3.63) is 0 Å². The highest BCUT2D eigenvalue weighted by Crippen LogP contribution is 2.12. The molecule has 0 aromatic carbocycles. The molecule has 0 radical (unpaired) electrons. The topological polar surface area (TPSA) is 26.0 Å². The Labute approximate surface area is 58.6 Å². The Morgan fingerprint density at radius 3 is 2.11 bits per heavy atom. The second kappa shape index (κ2) is 4.80. The van der Waals surface area contributed by atoms with E-state index in [2.05, 4.69) is 20.8 Å². The van der Waals surface area contributed by atoms with Crippen LogP contribution in [-0.2, 0) is 0 Å². The fourth-order valence-electron chi connectivity index (χ4n) is 0.950. The molecule has 0 aliphatic heterocycles. The number of hydrogen-bond donors (Lipinski definition) is 1. The van der Waals surface area contributed by atoms with Gasteiger partial charge < -0.3 is 5.73 Å². The molecule has 0 amide bonds. The highest BCUT2D eigenvalue weighted by molar-refractivity contribution is 4.57. The zero-order chi connectivity index (χ0) is 7.28. The summed E-state index contributed by atoms with van der Waals surface area (Å²) < 4.78 is 0. The van der Waals surface area contributed by atoms with Gasteiger partial charge in [-0.15, -0.1) is 0 Å². The minimum Gasteiger partial charge on any atom is -0.330 e. The molecule has 0 fully saturated rings. The predicted molar refractivity (Wildman–Crippen MR) is 42.3 cm³/mol. The van der Waals surface area contributed by atoms with E-state index in [1.165, 1.54) is 12.8 Å². The third-order valence-electron chi connectivity index (χ3n) is 1.90. The second-order valence-electron chi connectivity index (χ2n) is 3.09. The van der Waals surface area contributed by atoms with Crippen molar-refractivity contribution < 1.29 is 0 Å². The van der Waals surface area contributed by atoms with Gasteiger partial charge in [0.1, 0.15) is 0 Å². The van der Waals surface area contributed by atoms with E-state index < -0.39 is 0 Å². The molecule has 9 heavy (non-hydrogen) atoms. The SMILES string of the molecule is CCC(C)C[C@@H](C)CN. The van der Waals surface area contributed by atoms with E-state index in [1.54, 1.807) is 0 Å². The molecule has 0 aliphatic rings. The summed E-state index contributed by atoms with van der Waals surface area (Å²) in [5.74, 6) is 1.56. The smallest absolute Gasteiger partial charge is 0.00514 e. The van der Waals surface area contributed by atoms with E-state index in [0.29, 0.717) is 5.92 Å². The molecule has 0 rings (SSSR count). The van der Waals surface area contributed by atoms with E-state index in [4.69, 9.17) is 5.73 Å². The molecular formula is C8H19N. The molecule has 0 saturated heterocycles. The molecule has 2 atom stereocenters. The van der Waals surface area contributed by atoms with Gasteiger partial charge in [0.25, 0.3) is 0 Å². The Bertz CT molecular complexity index is 53.6. The van der Waals surface area contributed by atoms with Crippen molar-refractivity contribution in [1.29, 1.82) is 0 Å². The second-order valence-corrected chi connectivity index (χ2v) is 3.09. The fraction of sp³-hybridized carbons (Fsp3) is 1.00. The summed E-state index contributed by atoms with van der Waals surface area (Å²) in [4.78, 5) is 0. The quantitative estimate of drug-likeness (QED) is 0.617. The Kier molecular flexibility index (Phi) is 4.78. The Morgan fingerprint density at radius 2 is 1.78 bits per heavy atom. The van der Waals surface area contributed by atoms with Gasteiger partial charge in [0, 0.05) is 0 Å². The van der Waals surface area contributed by atoms with Gasteiger partial charge in [-0.2, -0.15) is 0 Å². The molecule has 1 nitrogen and oxygen atoms in total. The van der Waals surface area contributed by atoms with Gasteiger partial charge in [-0.05, 0) is 24.8 Å². The van der Waals surface area contributed by atoms with E-state index in [0.717, 1.165) is 12.5 Å². The summed E-state index contributed by atoms with van der Waals surface area (Å²) in [5.41, 5.74) is 5.48. The number of nitrogens with two attached hydrogens (primary N) is 1. The van der Waals surface area contributed by atoms with Gasteiger partial charge in [0.15, 0.2) is 0 Å². The lowest BCUT2D eigenvalue weighted by Gasteiger charge is -2.12. The van der Waals surface area contributed by atoms with Gasteiger partial charge in [-0.3, -0.25) is 0 Å². The predicted octanol–water partition coefficient (Wildman–Crippen LogP) is 2.02. The van der Waals surface area contributed by atoms with Gasteiger partial charge in [0.05, 0.1) is 0 Å². The first-order valence-corrected chi connectivity index (χ1v) is 3.90. The van der Waals surface area contributed by atoms with Gasteiger partial charge >= 0.3 is 0 Å². The molecule has 0 aromatic heterocycles. The van der Waals surface area contributed by atoms with Crippen molar-refractivity contribution in [2.75, 3.05) is 6.54 Å². The molecule has 56 valence electrons. The maximum absolute atomic E-state index is 5.48. The van der Waals surface area contributed by atoms with Crippen LogP contribution in [0.2, 0.25) is 0 Å². The average Bonchev–Trinajstić information content (AvgIpc) is 1.87. The van der Waals surface area contributed by atoms with Crippen molar-refractivity contribution in [3.8, 4) is 0 Å². The van der Waals surface area contributed by atoms with Crippen molar-refractivity contribution >= 4 is 0 Å². The van der Waals surface area contributed by atoms with Crippen LogP contribution in [0, 0.1) is 11.8 Å². The third-order valence-corrected chi connectivity index (χ3v) is 1.90. The largest absolute Gasteiger partial charge is 0.330 e. The molecular weight excluding hydrogens is 110 g/mol. The number of hydrogen-bond acceptors (Lipinski definition) is 1. The van der Waals surface area contributed by atoms with E-state index in [-0.39, 0.29) is 0 Å². The third kappa shape index (κ3) is 4.46. The summed E-state index contributed by atoms with van der Waals surface area (Å²) in [6.07, 6.45) is 2.57. The maximum Gasteiger partial charge on any atom is -0.00514 e. The minimum atomic E-state index is 0.708. The summed E-state index contributed by atoms with van der Waals surface area (Å²) >= 11 is 0. The summed E-state index contributed by atoms with van der Waals surface area (Å²) in [7, 11) is 0. The molecule has 1 unspecified atom stereocenters. The van der Waals surface area contributed by atoms with Crippen molar-refractivity contribution in [2.24, 2.45) is 17.6 Å². The van der Waals surface area contributed by atoms with Crippen LogP contribution in [-0.4, -0.2) is 6.54 Å². The highest BCUT2D eigenvalue weighted by Gasteiger charge is 2.03. The Hall–Kier alpha value is -0.0400. The molecule has 0 saturated carbocycles. The Morgan fingerprint density at radius 1 is 1.22 bits per heavy atom. The van der Waals surface area contributed by atoms with E-state index >= 15 is 0 Å². The molecule has 0 heterocycles. The first kappa shape index (κ1) is 8.96. The van der Waals surface area contributed by atoms with Gasteiger partial charge in [-0.25, -0.2) is 0 Å². The van der Waals surface area contributed by atoms with Crippen LogP contribution in [0.5, 0.6) is 0 Å². The van der Waals surface area contributed by atoms with Crippen LogP contribution in [0.15, 0.2) is 0 Å². The molecule has 0 aliphatic carbocycles. The number of rotatable bonds is 4. The van der Waals surface area contributed by atoms with Crippen LogP contribution in [0.4, 0.5) is 0 Å². The van der Waals surface area contributed by atoms with Crippen molar-refractivity contribution in [1.82, 2.24) is 0 Å². The monoisotopic (exact) mass is 129 g/mol. The lowest BCUT2D eigenvalue weighted by Crippen LogP contribution is -2.13. The molecule has 2 N–H and O–H groups in total. The normalized spacial score (nSPS) is 17.3. The fourth-order valence-corrected chi connectivity index (χ4v) is 0.950. The zero-order valence-corrected chi connectivity index (χ0v) is 6.85. The van der Waals surface area contributed by atoms with Crippen LogP contribution in [0.3, 0.4) is 0 Å². The summed E-state index contributed by atoms with van der Waals surface area (Å²) in [6.45, 7) is 7.57. The molecule has 1 heteroatoms.